The normalized spacial score (nSPS) is 22.5. The zero-order valence-corrected chi connectivity index (χ0v) is 20.2. The molecule has 1 unspecified atom stereocenters. The van der Waals surface area contributed by atoms with Crippen LogP contribution in [0.3, 0.4) is 0 Å². The van der Waals surface area contributed by atoms with Crippen molar-refractivity contribution in [1.82, 2.24) is 24.5 Å². The lowest BCUT2D eigenvalue weighted by atomic mass is 9.84. The van der Waals surface area contributed by atoms with Gasteiger partial charge in [0.25, 0.3) is 0 Å². The Balaban J connectivity index is 1.33. The summed E-state index contributed by atoms with van der Waals surface area (Å²) in [7, 11) is -2.02. The van der Waals surface area contributed by atoms with E-state index in [-0.39, 0.29) is 24.7 Å². The molecule has 3 aromatic rings. The van der Waals surface area contributed by atoms with E-state index in [0.717, 1.165) is 19.3 Å². The second-order valence-corrected chi connectivity index (χ2v) is 10.7. The molecule has 2 aromatic heterocycles. The van der Waals surface area contributed by atoms with Gasteiger partial charge >= 0.3 is 0 Å². The van der Waals surface area contributed by atoms with Crippen molar-refractivity contribution in [2.24, 2.45) is 0 Å². The van der Waals surface area contributed by atoms with Crippen LogP contribution in [0, 0.1) is 0 Å². The number of aliphatic hydroxyl groups is 1. The van der Waals surface area contributed by atoms with E-state index >= 15 is 0 Å². The van der Waals surface area contributed by atoms with Gasteiger partial charge in [0, 0.05) is 30.3 Å². The Morgan fingerprint density at radius 2 is 1.86 bits per heavy atom. The number of rotatable bonds is 8. The summed E-state index contributed by atoms with van der Waals surface area (Å²) >= 11 is 0. The van der Waals surface area contributed by atoms with Crippen LogP contribution >= 0.6 is 0 Å². The van der Waals surface area contributed by atoms with Crippen molar-refractivity contribution in [2.75, 3.05) is 17.7 Å². The highest BCUT2D eigenvalue weighted by Crippen LogP contribution is 2.39. The summed E-state index contributed by atoms with van der Waals surface area (Å²) in [5.74, 6) is 1.77. The minimum atomic E-state index is -3.55. The molecule has 3 atom stereocenters. The lowest BCUT2D eigenvalue weighted by Crippen LogP contribution is -2.56. The molecule has 0 saturated carbocycles. The lowest BCUT2D eigenvalue weighted by Gasteiger charge is -2.47. The summed E-state index contributed by atoms with van der Waals surface area (Å²) in [6.45, 7) is -0.143. The molecule has 0 aliphatic carbocycles. The number of fused-ring (bicyclic) bond motifs is 2. The molecule has 186 valence electrons. The molecular weight excluding hydrogens is 470 g/mol. The van der Waals surface area contributed by atoms with Crippen LogP contribution in [0.1, 0.15) is 37.8 Å². The molecule has 0 amide bonds. The fourth-order valence-corrected chi connectivity index (χ4v) is 6.95. The van der Waals surface area contributed by atoms with E-state index in [1.165, 1.54) is 7.11 Å². The number of hydrogen-bond donors (Lipinski definition) is 4. The van der Waals surface area contributed by atoms with E-state index in [4.69, 9.17) is 4.74 Å². The standard InChI is InChI=1S/C23H29N7O4S/c1-34-22-13-20(25-21-12-16(14-31)28-29-21)26-23(27-22)24-15-10-17-6-5-7-18(11-15)30(17)35(32,33)19-8-3-2-4-9-19/h2-4,8-9,12-13,15,17-18,31H,5-7,10-11,14H2,1H3,(H3,24,25,26,27,28,29)/t15?,17-,18+. The molecule has 2 saturated heterocycles. The first-order valence-corrected chi connectivity index (χ1v) is 13.1. The lowest BCUT2D eigenvalue weighted by molar-refractivity contribution is 0.115. The molecule has 0 radical (unpaired) electrons. The number of hydrogen-bond acceptors (Lipinski definition) is 9. The number of benzene rings is 1. The van der Waals surface area contributed by atoms with Crippen molar-refractivity contribution in [3.63, 3.8) is 0 Å². The van der Waals surface area contributed by atoms with Crippen molar-refractivity contribution in [1.29, 1.82) is 0 Å². The number of sulfonamides is 1. The zero-order chi connectivity index (χ0) is 24.4. The Morgan fingerprint density at radius 1 is 1.11 bits per heavy atom. The topological polar surface area (TPSA) is 145 Å². The summed E-state index contributed by atoms with van der Waals surface area (Å²) < 4.78 is 33.9. The van der Waals surface area contributed by atoms with Crippen molar-refractivity contribution < 1.29 is 18.3 Å². The first-order valence-electron chi connectivity index (χ1n) is 11.7. The summed E-state index contributed by atoms with van der Waals surface area (Å²) in [5, 5.41) is 22.5. The predicted molar refractivity (Wildman–Crippen MR) is 130 cm³/mol. The Hall–Kier alpha value is -3.22. The quantitative estimate of drug-likeness (QED) is 0.367. The second kappa shape index (κ2) is 9.80. The zero-order valence-electron chi connectivity index (χ0n) is 19.4. The number of aliphatic hydroxyl groups excluding tert-OH is 1. The fraction of sp³-hybridized carbons (Fsp3) is 0.435. The largest absolute Gasteiger partial charge is 0.481 e. The maximum absolute atomic E-state index is 13.4. The van der Waals surface area contributed by atoms with E-state index in [0.29, 0.717) is 46.9 Å². The average Bonchev–Trinajstić information content (AvgIpc) is 3.31. The Labute approximate surface area is 204 Å². The maximum Gasteiger partial charge on any atom is 0.243 e. The van der Waals surface area contributed by atoms with Gasteiger partial charge in [-0.25, -0.2) is 8.42 Å². The van der Waals surface area contributed by atoms with Crippen molar-refractivity contribution in [3.8, 4) is 5.88 Å². The van der Waals surface area contributed by atoms with E-state index in [1.54, 1.807) is 40.7 Å². The van der Waals surface area contributed by atoms with Crippen molar-refractivity contribution >= 4 is 27.6 Å². The number of nitrogens with zero attached hydrogens (tertiary/aromatic N) is 4. The van der Waals surface area contributed by atoms with Gasteiger partial charge in [0.1, 0.15) is 5.82 Å². The molecule has 2 aliphatic heterocycles. The minimum absolute atomic E-state index is 0.0267. The van der Waals surface area contributed by atoms with Gasteiger partial charge in [-0.15, -0.1) is 0 Å². The maximum atomic E-state index is 13.4. The first kappa shape index (κ1) is 23.5. The van der Waals surface area contributed by atoms with Gasteiger partial charge < -0.3 is 20.5 Å². The smallest absolute Gasteiger partial charge is 0.243 e. The van der Waals surface area contributed by atoms with E-state index in [9.17, 15) is 13.5 Å². The van der Waals surface area contributed by atoms with E-state index in [1.807, 2.05) is 6.07 Å². The number of aromatic amines is 1. The highest BCUT2D eigenvalue weighted by Gasteiger charge is 2.45. The molecule has 5 rings (SSSR count). The molecule has 11 nitrogen and oxygen atoms in total. The van der Waals surface area contributed by atoms with Crippen LogP contribution in [0.5, 0.6) is 5.88 Å². The predicted octanol–water partition coefficient (Wildman–Crippen LogP) is 2.63. The van der Waals surface area contributed by atoms with E-state index in [2.05, 4.69) is 30.8 Å². The number of H-pyrrole nitrogens is 1. The molecule has 2 bridgehead atoms. The third-order valence-corrected chi connectivity index (χ3v) is 8.55. The molecule has 2 aliphatic rings. The fourth-order valence-electron chi connectivity index (χ4n) is 5.04. The van der Waals surface area contributed by atoms with Gasteiger partial charge in [0.15, 0.2) is 5.82 Å². The number of anilines is 3. The van der Waals surface area contributed by atoms with Gasteiger partial charge in [-0.1, -0.05) is 24.6 Å². The molecule has 1 aromatic carbocycles. The molecular formula is C23H29N7O4S. The van der Waals surface area contributed by atoms with Gasteiger partial charge in [0.05, 0.1) is 24.3 Å². The van der Waals surface area contributed by atoms with E-state index < -0.39 is 10.0 Å². The second-order valence-electron chi connectivity index (χ2n) is 8.88. The summed E-state index contributed by atoms with van der Waals surface area (Å²) in [6, 6.07) is 11.9. The third-order valence-electron chi connectivity index (χ3n) is 6.53. The molecule has 2 fully saturated rings. The average molecular weight is 500 g/mol. The summed E-state index contributed by atoms with van der Waals surface area (Å²) in [5.41, 5.74) is 0.579. The monoisotopic (exact) mass is 499 g/mol. The number of methoxy groups -OCH3 is 1. The Kier molecular flexibility index (Phi) is 6.58. The third kappa shape index (κ3) is 4.95. The van der Waals surface area contributed by atoms with Gasteiger partial charge in [-0.05, 0) is 37.8 Å². The molecule has 4 N–H and O–H groups in total. The van der Waals surface area contributed by atoms with Crippen LogP contribution in [0.25, 0.3) is 0 Å². The van der Waals surface area contributed by atoms with Crippen LogP contribution in [0.2, 0.25) is 0 Å². The Morgan fingerprint density at radius 3 is 2.51 bits per heavy atom. The Bertz CT molecular complexity index is 1250. The van der Waals surface area contributed by atoms with Gasteiger partial charge in [-0.3, -0.25) is 5.10 Å². The highest BCUT2D eigenvalue weighted by atomic mass is 32.2. The van der Waals surface area contributed by atoms with Crippen LogP contribution in [-0.4, -0.2) is 63.2 Å². The SMILES string of the molecule is COc1cc(Nc2cc(CO)[nH]n2)nc(NC2C[C@H]3CCC[C@@H](C2)N3S(=O)(=O)c2ccccc2)n1. The minimum Gasteiger partial charge on any atom is -0.481 e. The number of ether oxygens (including phenoxy) is 1. The number of nitrogens with one attached hydrogen (secondary N) is 3. The summed E-state index contributed by atoms with van der Waals surface area (Å²) in [4.78, 5) is 9.33. The molecule has 35 heavy (non-hydrogen) atoms. The van der Waals surface area contributed by atoms with Crippen LogP contribution < -0.4 is 15.4 Å². The molecule has 4 heterocycles. The van der Waals surface area contributed by atoms with Crippen LogP contribution in [0.4, 0.5) is 17.6 Å². The molecule has 12 heteroatoms. The first-order chi connectivity index (χ1) is 17.0. The number of piperidine rings is 2. The van der Waals surface area contributed by atoms with Crippen molar-refractivity contribution in [2.45, 2.75) is 61.7 Å². The van der Waals surface area contributed by atoms with Crippen LogP contribution in [0.15, 0.2) is 47.4 Å². The summed E-state index contributed by atoms with van der Waals surface area (Å²) in [6.07, 6.45) is 4.03. The van der Waals surface area contributed by atoms with Crippen molar-refractivity contribution in [3.05, 3.63) is 48.2 Å². The highest BCUT2D eigenvalue weighted by molar-refractivity contribution is 7.89. The van der Waals surface area contributed by atoms with Crippen LogP contribution in [-0.2, 0) is 16.6 Å². The van der Waals surface area contributed by atoms with Gasteiger partial charge in [0.2, 0.25) is 21.9 Å². The molecule has 0 spiro atoms. The van der Waals surface area contributed by atoms with Gasteiger partial charge in [-0.2, -0.15) is 19.4 Å². The number of aromatic nitrogens is 4.